The van der Waals surface area contributed by atoms with Gasteiger partial charge in [0.05, 0.1) is 4.83 Å². The lowest BCUT2D eigenvalue weighted by Gasteiger charge is -2.29. The van der Waals surface area contributed by atoms with Gasteiger partial charge in [-0.2, -0.15) is 0 Å². The molecular formula is C28H51BrN4O4. The monoisotopic (exact) mass is 586 g/mol. The number of oxime groups is 2. The molecule has 0 aliphatic heterocycles. The molecule has 0 radical (unpaired) electrons. The van der Waals surface area contributed by atoms with Crippen molar-refractivity contribution in [2.24, 2.45) is 45.5 Å². The van der Waals surface area contributed by atoms with Gasteiger partial charge >= 0.3 is 0 Å². The summed E-state index contributed by atoms with van der Waals surface area (Å²) in [6.45, 7) is 8.73. The maximum atomic E-state index is 10.9. The van der Waals surface area contributed by atoms with Crippen LogP contribution in [0.4, 0.5) is 0 Å². The lowest BCUT2D eigenvalue weighted by atomic mass is 9.84. The van der Waals surface area contributed by atoms with Gasteiger partial charge in [0.15, 0.2) is 0 Å². The van der Waals surface area contributed by atoms with Crippen LogP contribution in [0.25, 0.3) is 0 Å². The van der Waals surface area contributed by atoms with E-state index >= 15 is 0 Å². The zero-order chi connectivity index (χ0) is 28.0. The zero-order valence-corrected chi connectivity index (χ0v) is 25.0. The molecule has 214 valence electrons. The van der Waals surface area contributed by atoms with E-state index in [1.807, 2.05) is 0 Å². The molecule has 0 saturated heterocycles. The van der Waals surface area contributed by atoms with Crippen molar-refractivity contribution in [2.75, 3.05) is 0 Å². The van der Waals surface area contributed by atoms with Crippen molar-refractivity contribution < 1.29 is 20.0 Å². The number of ketones is 2. The van der Waals surface area contributed by atoms with E-state index in [0.717, 1.165) is 82.0 Å². The van der Waals surface area contributed by atoms with Gasteiger partial charge in [-0.25, -0.2) is 0 Å². The number of halogens is 1. The second-order valence-electron chi connectivity index (χ2n) is 11.7. The Morgan fingerprint density at radius 3 is 1.68 bits per heavy atom. The standard InChI is InChI=1S/C7H11BrO.C7H12N2O2.C7H16N2.C7H12O/c1-5-2-3-7(9)6(8)4-5;1-5-2-3-6(8-10)7(4-5)9-11;1-5-2-3-6(8)7(9)4-5;1-6-2-4-7(8)5-3-6/h5-6H,2-4H2,1H3;5,10-11H,2-4H2,1H3;5-7H,2-4,8-9H2,1H3;6H,2-5H2,1H3/b;8-6+,9-7-;;. The van der Waals surface area contributed by atoms with Gasteiger partial charge in [0.2, 0.25) is 0 Å². The first-order valence-electron chi connectivity index (χ1n) is 14.1. The molecule has 4 aliphatic carbocycles. The fourth-order valence-corrected chi connectivity index (χ4v) is 5.83. The summed E-state index contributed by atoms with van der Waals surface area (Å²) < 4.78 is 0. The largest absolute Gasteiger partial charge is 0.411 e. The number of carbonyl (C=O) groups is 2. The average molecular weight is 588 g/mol. The van der Waals surface area contributed by atoms with E-state index in [9.17, 15) is 9.59 Å². The van der Waals surface area contributed by atoms with E-state index in [0.29, 0.717) is 41.7 Å². The minimum Gasteiger partial charge on any atom is -0.411 e. The number of nitrogens with two attached hydrogens (primary N) is 2. The van der Waals surface area contributed by atoms with Crippen molar-refractivity contribution in [2.45, 2.75) is 128 Å². The van der Waals surface area contributed by atoms with Crippen LogP contribution >= 0.6 is 15.9 Å². The lowest BCUT2D eigenvalue weighted by Crippen LogP contribution is -2.45. The molecule has 0 bridgehead atoms. The van der Waals surface area contributed by atoms with E-state index < -0.39 is 0 Å². The Bertz CT molecular complexity index is 750. The highest BCUT2D eigenvalue weighted by Crippen LogP contribution is 2.25. The normalized spacial score (nSPS) is 34.9. The Morgan fingerprint density at radius 1 is 0.676 bits per heavy atom. The Labute approximate surface area is 232 Å². The van der Waals surface area contributed by atoms with Gasteiger partial charge in [0, 0.05) is 31.3 Å². The van der Waals surface area contributed by atoms with Crippen molar-refractivity contribution in [1.29, 1.82) is 0 Å². The molecule has 9 heteroatoms. The van der Waals surface area contributed by atoms with Crippen LogP contribution in [-0.2, 0) is 9.59 Å². The van der Waals surface area contributed by atoms with Crippen LogP contribution in [-0.4, -0.2) is 50.3 Å². The van der Waals surface area contributed by atoms with E-state index in [-0.39, 0.29) is 16.9 Å². The first-order chi connectivity index (χ1) is 17.5. The number of Topliss-reactive ketones (excluding diaryl/α,β-unsaturated/α-hetero) is 2. The van der Waals surface area contributed by atoms with E-state index in [1.54, 1.807) is 0 Å². The Balaban J connectivity index is 0.000000248. The maximum Gasteiger partial charge on any atom is 0.146 e. The summed E-state index contributed by atoms with van der Waals surface area (Å²) in [5.74, 6) is 3.68. The molecule has 37 heavy (non-hydrogen) atoms. The first-order valence-corrected chi connectivity index (χ1v) is 15.0. The Hall–Kier alpha value is -1.32. The van der Waals surface area contributed by atoms with E-state index in [2.05, 4.69) is 53.9 Å². The van der Waals surface area contributed by atoms with Crippen molar-refractivity contribution in [1.82, 2.24) is 0 Å². The van der Waals surface area contributed by atoms with Gasteiger partial charge < -0.3 is 21.9 Å². The quantitative estimate of drug-likeness (QED) is 0.159. The fraction of sp³-hybridized carbons (Fsp3) is 0.857. The molecule has 8 nitrogen and oxygen atoms in total. The van der Waals surface area contributed by atoms with Crippen molar-refractivity contribution in [3.63, 3.8) is 0 Å². The topological polar surface area (TPSA) is 151 Å². The summed E-state index contributed by atoms with van der Waals surface area (Å²) in [5.41, 5.74) is 12.5. The zero-order valence-electron chi connectivity index (χ0n) is 23.4. The number of nitrogens with zero attached hydrogens (tertiary/aromatic N) is 2. The predicted octanol–water partition coefficient (Wildman–Crippen LogP) is 5.83. The molecular weight excluding hydrogens is 536 g/mol. The van der Waals surface area contributed by atoms with Gasteiger partial charge in [0.1, 0.15) is 23.0 Å². The summed E-state index contributed by atoms with van der Waals surface area (Å²) in [6.07, 6.45) is 12.7. The highest BCUT2D eigenvalue weighted by atomic mass is 79.9. The van der Waals surface area contributed by atoms with Gasteiger partial charge in [-0.3, -0.25) is 9.59 Å². The Morgan fingerprint density at radius 2 is 1.22 bits per heavy atom. The van der Waals surface area contributed by atoms with Gasteiger partial charge in [-0.1, -0.05) is 53.9 Å². The van der Waals surface area contributed by atoms with Crippen LogP contribution in [0.2, 0.25) is 0 Å². The molecule has 0 aromatic heterocycles. The van der Waals surface area contributed by atoms with Crippen LogP contribution in [0.15, 0.2) is 10.3 Å². The molecule has 6 atom stereocenters. The number of rotatable bonds is 0. The highest BCUT2D eigenvalue weighted by molar-refractivity contribution is 9.10. The van der Waals surface area contributed by atoms with Crippen LogP contribution in [0.5, 0.6) is 0 Å². The van der Waals surface area contributed by atoms with Gasteiger partial charge in [-0.05, 0) is 87.9 Å². The second-order valence-corrected chi connectivity index (χ2v) is 12.8. The Kier molecular flexibility index (Phi) is 16.4. The maximum absolute atomic E-state index is 10.9. The molecule has 0 aromatic rings. The smallest absolute Gasteiger partial charge is 0.146 e. The van der Waals surface area contributed by atoms with Crippen LogP contribution in [0, 0.1) is 23.7 Å². The van der Waals surface area contributed by atoms with E-state index in [4.69, 9.17) is 21.9 Å². The molecule has 0 heterocycles. The molecule has 4 aliphatic rings. The number of alkyl halides is 1. The minimum absolute atomic E-state index is 0.154. The third-order valence-corrected chi connectivity index (χ3v) is 8.77. The fourth-order valence-electron chi connectivity index (χ4n) is 4.96. The number of carbonyl (C=O) groups excluding carboxylic acids is 2. The summed E-state index contributed by atoms with van der Waals surface area (Å²) in [6, 6.07) is 0.523. The number of hydrogen-bond acceptors (Lipinski definition) is 8. The van der Waals surface area contributed by atoms with E-state index in [1.165, 1.54) is 6.42 Å². The van der Waals surface area contributed by atoms with Gasteiger partial charge in [0.25, 0.3) is 0 Å². The molecule has 6 unspecified atom stereocenters. The SMILES string of the molecule is CC1CCC(=N\O)/C(=N\O)C1.CC1CCC(=O)C(Br)C1.CC1CCC(=O)CC1.CC1CCC(N)C(N)C1. The molecule has 6 N–H and O–H groups in total. The van der Waals surface area contributed by atoms with Crippen LogP contribution in [0.1, 0.15) is 111 Å². The molecule has 0 spiro atoms. The van der Waals surface area contributed by atoms with Crippen LogP contribution in [0.3, 0.4) is 0 Å². The number of hydrogen-bond donors (Lipinski definition) is 4. The lowest BCUT2D eigenvalue weighted by molar-refractivity contribution is -0.121. The third-order valence-electron chi connectivity index (χ3n) is 7.88. The first kappa shape index (κ1) is 33.7. The van der Waals surface area contributed by atoms with Crippen molar-refractivity contribution in [3.05, 3.63) is 0 Å². The highest BCUT2D eigenvalue weighted by Gasteiger charge is 2.24. The minimum atomic E-state index is 0.154. The third kappa shape index (κ3) is 13.9. The van der Waals surface area contributed by atoms with Gasteiger partial charge in [-0.15, -0.1) is 0 Å². The summed E-state index contributed by atoms with van der Waals surface area (Å²) in [5, 5.41) is 23.1. The molecule has 4 saturated carbocycles. The average Bonchev–Trinajstić information content (AvgIpc) is 2.87. The predicted molar refractivity (Wildman–Crippen MR) is 154 cm³/mol. The second kappa shape index (κ2) is 18.1. The van der Waals surface area contributed by atoms with Crippen molar-refractivity contribution in [3.8, 4) is 0 Å². The summed E-state index contributed by atoms with van der Waals surface area (Å²) >= 11 is 3.34. The molecule has 0 amide bonds. The molecule has 4 fully saturated rings. The molecule has 0 aromatic carbocycles. The molecule has 4 rings (SSSR count). The van der Waals surface area contributed by atoms with Crippen molar-refractivity contribution >= 4 is 38.9 Å². The summed E-state index contributed by atoms with van der Waals surface area (Å²) in [4.78, 5) is 21.7. The van der Waals surface area contributed by atoms with Crippen LogP contribution < -0.4 is 11.5 Å². The summed E-state index contributed by atoms with van der Waals surface area (Å²) in [7, 11) is 0.